The second-order valence-electron chi connectivity index (χ2n) is 2.89. The van der Waals surface area contributed by atoms with Crippen molar-refractivity contribution in [3.8, 4) is 11.8 Å². The zero-order chi connectivity index (χ0) is 13.2. The fraction of sp³-hybridized carbons (Fsp3) is 0.333. The normalized spacial score (nSPS) is 11.4. The number of halogens is 5. The van der Waals surface area contributed by atoms with Gasteiger partial charge in [-0.15, -0.1) is 0 Å². The maximum atomic E-state index is 12.5. The number of nitriles is 1. The van der Waals surface area contributed by atoms with Crippen molar-refractivity contribution in [1.29, 1.82) is 5.26 Å². The van der Waals surface area contributed by atoms with Crippen LogP contribution in [0.5, 0.6) is 5.75 Å². The predicted molar refractivity (Wildman–Crippen MR) is 45.5 cm³/mol. The summed E-state index contributed by atoms with van der Waals surface area (Å²) in [6.45, 7) is 0. The van der Waals surface area contributed by atoms with Gasteiger partial charge in [-0.25, -0.2) is 13.8 Å². The van der Waals surface area contributed by atoms with Crippen LogP contribution < -0.4 is 4.74 Å². The molecule has 8 heteroatoms. The van der Waals surface area contributed by atoms with Crippen molar-refractivity contribution >= 4 is 0 Å². The molecule has 0 bridgehead atoms. The molecule has 1 aromatic rings. The molecule has 92 valence electrons. The fourth-order valence-electron chi connectivity index (χ4n) is 1.15. The molecule has 0 saturated carbocycles. The van der Waals surface area contributed by atoms with E-state index in [1.807, 2.05) is 0 Å². The molecule has 0 amide bonds. The van der Waals surface area contributed by atoms with Gasteiger partial charge in [-0.2, -0.15) is 18.4 Å². The summed E-state index contributed by atoms with van der Waals surface area (Å²) in [5, 5.41) is 8.54. The molecule has 0 radical (unpaired) electrons. The van der Waals surface area contributed by atoms with Crippen molar-refractivity contribution in [2.75, 3.05) is 7.11 Å². The highest BCUT2D eigenvalue weighted by Crippen LogP contribution is 2.36. The lowest BCUT2D eigenvalue weighted by Gasteiger charge is -2.12. The highest BCUT2D eigenvalue weighted by Gasteiger charge is 2.35. The second kappa shape index (κ2) is 4.53. The summed E-state index contributed by atoms with van der Waals surface area (Å²) >= 11 is 0. The van der Waals surface area contributed by atoms with Gasteiger partial charge in [0.2, 0.25) is 0 Å². The average molecular weight is 252 g/mol. The van der Waals surface area contributed by atoms with Crippen LogP contribution in [0.4, 0.5) is 22.0 Å². The van der Waals surface area contributed by atoms with Crippen LogP contribution in [0, 0.1) is 11.3 Å². The summed E-state index contributed by atoms with van der Waals surface area (Å²) in [6, 6.07) is 1.46. The highest BCUT2D eigenvalue weighted by atomic mass is 19.4. The van der Waals surface area contributed by atoms with Gasteiger partial charge in [0.25, 0.3) is 6.43 Å². The standard InChI is InChI=1S/C9H5F5N2O/c1-17-7-4(8(10)11)2-6(9(12,13)14)16-5(7)3-15/h2,8H,1H3. The third-order valence-corrected chi connectivity index (χ3v) is 1.84. The Hall–Kier alpha value is -1.91. The van der Waals surface area contributed by atoms with Crippen molar-refractivity contribution in [2.45, 2.75) is 12.6 Å². The summed E-state index contributed by atoms with van der Waals surface area (Å²) in [5.74, 6) is -0.643. The number of pyridine rings is 1. The SMILES string of the molecule is COc1c(C(F)F)cc(C(F)(F)F)nc1C#N. The smallest absolute Gasteiger partial charge is 0.433 e. The van der Waals surface area contributed by atoms with E-state index in [-0.39, 0.29) is 6.07 Å². The third-order valence-electron chi connectivity index (χ3n) is 1.84. The molecule has 1 aromatic heterocycles. The summed E-state index contributed by atoms with van der Waals surface area (Å²) < 4.78 is 66.5. The van der Waals surface area contributed by atoms with Gasteiger partial charge in [0.15, 0.2) is 11.4 Å². The Morgan fingerprint density at radius 2 is 2.00 bits per heavy atom. The zero-order valence-corrected chi connectivity index (χ0v) is 8.35. The van der Waals surface area contributed by atoms with E-state index in [1.165, 1.54) is 6.07 Å². The van der Waals surface area contributed by atoms with Crippen LogP contribution in [0.15, 0.2) is 6.07 Å². The molecule has 0 aliphatic carbocycles. The van der Waals surface area contributed by atoms with Crippen LogP contribution in [0.2, 0.25) is 0 Å². The van der Waals surface area contributed by atoms with Crippen molar-refractivity contribution in [2.24, 2.45) is 0 Å². The number of ether oxygens (including phenoxy) is 1. The Balaban J connectivity index is 3.53. The van der Waals surface area contributed by atoms with Crippen molar-refractivity contribution in [1.82, 2.24) is 4.98 Å². The lowest BCUT2D eigenvalue weighted by Crippen LogP contribution is -2.11. The van der Waals surface area contributed by atoms with Crippen molar-refractivity contribution in [3.05, 3.63) is 23.0 Å². The molecule has 3 nitrogen and oxygen atoms in total. The van der Waals surface area contributed by atoms with Gasteiger partial charge in [-0.1, -0.05) is 0 Å². The number of hydrogen-bond acceptors (Lipinski definition) is 3. The molecule has 0 spiro atoms. The van der Waals surface area contributed by atoms with Gasteiger partial charge in [0, 0.05) is 0 Å². The van der Waals surface area contributed by atoms with E-state index in [2.05, 4.69) is 9.72 Å². The Morgan fingerprint density at radius 1 is 1.41 bits per heavy atom. The molecule has 0 atom stereocenters. The van der Waals surface area contributed by atoms with E-state index in [9.17, 15) is 22.0 Å². The first-order valence-corrected chi connectivity index (χ1v) is 4.15. The Morgan fingerprint density at radius 3 is 2.35 bits per heavy atom. The quantitative estimate of drug-likeness (QED) is 0.760. The van der Waals surface area contributed by atoms with Gasteiger partial charge >= 0.3 is 6.18 Å². The summed E-state index contributed by atoms with van der Waals surface area (Å²) in [5.41, 5.74) is -3.38. The molecule has 0 aromatic carbocycles. The van der Waals surface area contributed by atoms with Crippen molar-refractivity contribution < 1.29 is 26.7 Å². The molecule has 0 N–H and O–H groups in total. The van der Waals surface area contributed by atoms with E-state index < -0.39 is 35.3 Å². The van der Waals surface area contributed by atoms with E-state index in [1.54, 1.807) is 0 Å². The van der Waals surface area contributed by atoms with Gasteiger partial charge < -0.3 is 4.74 Å². The van der Waals surface area contributed by atoms with E-state index in [4.69, 9.17) is 5.26 Å². The molecular weight excluding hydrogens is 247 g/mol. The summed E-state index contributed by atoms with van der Waals surface area (Å²) in [4.78, 5) is 2.93. The number of aromatic nitrogens is 1. The van der Waals surface area contributed by atoms with Gasteiger partial charge in [-0.3, -0.25) is 0 Å². The first kappa shape index (κ1) is 13.2. The third kappa shape index (κ3) is 2.61. The summed E-state index contributed by atoms with van der Waals surface area (Å²) in [6.07, 6.45) is -8.09. The van der Waals surface area contributed by atoms with Crippen LogP contribution in [-0.2, 0) is 6.18 Å². The topological polar surface area (TPSA) is 45.9 Å². The highest BCUT2D eigenvalue weighted by molar-refractivity contribution is 5.46. The molecule has 0 saturated heterocycles. The van der Waals surface area contributed by atoms with Crippen LogP contribution in [0.1, 0.15) is 23.4 Å². The van der Waals surface area contributed by atoms with Crippen LogP contribution >= 0.6 is 0 Å². The predicted octanol–water partition coefficient (Wildman–Crippen LogP) is 2.92. The molecule has 0 aliphatic rings. The molecule has 1 rings (SSSR count). The zero-order valence-electron chi connectivity index (χ0n) is 8.35. The van der Waals surface area contributed by atoms with Gasteiger partial charge in [0.1, 0.15) is 11.8 Å². The fourth-order valence-corrected chi connectivity index (χ4v) is 1.15. The first-order chi connectivity index (χ1) is 7.81. The lowest BCUT2D eigenvalue weighted by atomic mass is 10.1. The van der Waals surface area contributed by atoms with Gasteiger partial charge in [-0.05, 0) is 6.07 Å². The van der Waals surface area contributed by atoms with Gasteiger partial charge in [0.05, 0.1) is 12.7 Å². The second-order valence-corrected chi connectivity index (χ2v) is 2.89. The Bertz CT molecular complexity index is 464. The van der Waals surface area contributed by atoms with E-state index >= 15 is 0 Å². The number of rotatable bonds is 2. The largest absolute Gasteiger partial charge is 0.493 e. The number of methoxy groups -OCH3 is 1. The number of nitrogens with zero attached hydrogens (tertiary/aromatic N) is 2. The minimum atomic E-state index is -4.90. The molecule has 0 unspecified atom stereocenters. The maximum Gasteiger partial charge on any atom is 0.433 e. The van der Waals surface area contributed by atoms with E-state index in [0.717, 1.165) is 7.11 Å². The Labute approximate surface area is 92.4 Å². The Kier molecular flexibility index (Phi) is 3.50. The summed E-state index contributed by atoms with van der Waals surface area (Å²) in [7, 11) is 0.969. The molecule has 0 fully saturated rings. The first-order valence-electron chi connectivity index (χ1n) is 4.15. The lowest BCUT2D eigenvalue weighted by molar-refractivity contribution is -0.141. The average Bonchev–Trinajstić information content (AvgIpc) is 2.25. The molecule has 17 heavy (non-hydrogen) atoms. The minimum absolute atomic E-state index is 0.171. The van der Waals surface area contributed by atoms with Crippen molar-refractivity contribution in [3.63, 3.8) is 0 Å². The van der Waals surface area contributed by atoms with E-state index in [0.29, 0.717) is 0 Å². The van der Waals surface area contributed by atoms with Crippen LogP contribution in [0.3, 0.4) is 0 Å². The molecular formula is C9H5F5N2O. The molecule has 1 heterocycles. The monoisotopic (exact) mass is 252 g/mol. The van der Waals surface area contributed by atoms with Crippen LogP contribution in [0.25, 0.3) is 0 Å². The minimum Gasteiger partial charge on any atom is -0.493 e. The van der Waals surface area contributed by atoms with Crippen LogP contribution in [-0.4, -0.2) is 12.1 Å². The number of alkyl halides is 5. The molecule has 0 aliphatic heterocycles. The maximum absolute atomic E-state index is 12.5. The number of hydrogen-bond donors (Lipinski definition) is 0.